The van der Waals surface area contributed by atoms with E-state index in [0.717, 1.165) is 0 Å². The molecule has 2 rings (SSSR count). The van der Waals surface area contributed by atoms with Crippen LogP contribution in [0.2, 0.25) is 0 Å². The van der Waals surface area contributed by atoms with Crippen LogP contribution in [-0.4, -0.2) is 30.1 Å². The van der Waals surface area contributed by atoms with Gasteiger partial charge in [0.05, 0.1) is 0 Å². The molecule has 0 amide bonds. The van der Waals surface area contributed by atoms with E-state index in [9.17, 15) is 0 Å². The van der Waals surface area contributed by atoms with Crippen LogP contribution in [0.3, 0.4) is 0 Å². The minimum atomic E-state index is 0.490. The van der Waals surface area contributed by atoms with Gasteiger partial charge in [0.2, 0.25) is 0 Å². The third-order valence-corrected chi connectivity index (χ3v) is 3.91. The molecular weight excluding hydrogens is 148 g/mol. The highest BCUT2D eigenvalue weighted by atomic mass is 15.2. The van der Waals surface area contributed by atoms with E-state index in [1.54, 1.807) is 0 Å². The first kappa shape index (κ1) is 8.52. The zero-order valence-corrected chi connectivity index (χ0v) is 8.05. The molecule has 0 aromatic carbocycles. The van der Waals surface area contributed by atoms with Crippen molar-refractivity contribution in [2.75, 3.05) is 13.6 Å². The maximum absolute atomic E-state index is 5.91. The lowest BCUT2D eigenvalue weighted by Gasteiger charge is -2.41. The molecule has 0 bridgehead atoms. The number of nitrogens with two attached hydrogens (primary N) is 1. The van der Waals surface area contributed by atoms with Crippen molar-refractivity contribution in [2.24, 2.45) is 5.73 Å². The van der Waals surface area contributed by atoms with E-state index in [2.05, 4.69) is 11.9 Å². The number of rotatable bonds is 0. The molecule has 2 fully saturated rings. The molecule has 1 aliphatic carbocycles. The predicted octanol–water partition coefficient (Wildman–Crippen LogP) is 1.35. The lowest BCUT2D eigenvalue weighted by atomic mass is 9.78. The van der Waals surface area contributed by atoms with Crippen LogP contribution >= 0.6 is 0 Å². The minimum absolute atomic E-state index is 0.490. The SMILES string of the molecule is CN1CCCC12CCC(N)CC2. The summed E-state index contributed by atoms with van der Waals surface area (Å²) < 4.78 is 0. The number of hydrogen-bond acceptors (Lipinski definition) is 2. The van der Waals surface area contributed by atoms with E-state index in [1.807, 2.05) is 0 Å². The summed E-state index contributed by atoms with van der Waals surface area (Å²) in [7, 11) is 2.28. The van der Waals surface area contributed by atoms with E-state index in [4.69, 9.17) is 5.73 Å². The van der Waals surface area contributed by atoms with Crippen LogP contribution in [0.1, 0.15) is 38.5 Å². The van der Waals surface area contributed by atoms with Crippen LogP contribution in [0.15, 0.2) is 0 Å². The Morgan fingerprint density at radius 3 is 2.42 bits per heavy atom. The van der Waals surface area contributed by atoms with Crippen LogP contribution in [0.5, 0.6) is 0 Å². The fraction of sp³-hybridized carbons (Fsp3) is 1.00. The van der Waals surface area contributed by atoms with Crippen molar-refractivity contribution in [2.45, 2.75) is 50.1 Å². The molecule has 0 atom stereocenters. The van der Waals surface area contributed by atoms with Crippen LogP contribution in [0, 0.1) is 0 Å². The van der Waals surface area contributed by atoms with Gasteiger partial charge in [0.15, 0.2) is 0 Å². The van der Waals surface area contributed by atoms with Crippen molar-refractivity contribution in [3.05, 3.63) is 0 Å². The van der Waals surface area contributed by atoms with Crippen molar-refractivity contribution in [1.82, 2.24) is 4.90 Å². The molecule has 2 heteroatoms. The number of nitrogens with zero attached hydrogens (tertiary/aromatic N) is 1. The van der Waals surface area contributed by atoms with Gasteiger partial charge >= 0.3 is 0 Å². The molecule has 1 spiro atoms. The summed E-state index contributed by atoms with van der Waals surface area (Å²) in [4.78, 5) is 2.57. The second-order valence-electron chi connectivity index (χ2n) is 4.59. The highest BCUT2D eigenvalue weighted by Crippen LogP contribution is 2.39. The van der Waals surface area contributed by atoms with Gasteiger partial charge in [-0.3, -0.25) is 0 Å². The van der Waals surface area contributed by atoms with Gasteiger partial charge in [-0.05, 0) is 52.1 Å². The molecule has 1 saturated carbocycles. The Kier molecular flexibility index (Phi) is 2.13. The van der Waals surface area contributed by atoms with Crippen LogP contribution in [-0.2, 0) is 0 Å². The summed E-state index contributed by atoms with van der Waals surface area (Å²) in [6.07, 6.45) is 7.96. The fourth-order valence-corrected chi connectivity index (χ4v) is 2.88. The second-order valence-corrected chi connectivity index (χ2v) is 4.59. The molecule has 0 unspecified atom stereocenters. The van der Waals surface area contributed by atoms with Crippen molar-refractivity contribution in [3.63, 3.8) is 0 Å². The lowest BCUT2D eigenvalue weighted by Crippen LogP contribution is -2.46. The van der Waals surface area contributed by atoms with Crippen molar-refractivity contribution in [1.29, 1.82) is 0 Å². The molecule has 0 radical (unpaired) electrons. The molecule has 0 aromatic rings. The van der Waals surface area contributed by atoms with Gasteiger partial charge in [0.1, 0.15) is 0 Å². The number of likely N-dealkylation sites (tertiary alicyclic amines) is 1. The highest BCUT2D eigenvalue weighted by Gasteiger charge is 2.40. The first-order chi connectivity index (χ1) is 5.73. The maximum atomic E-state index is 5.91. The molecule has 12 heavy (non-hydrogen) atoms. The summed E-state index contributed by atoms with van der Waals surface area (Å²) >= 11 is 0. The van der Waals surface area contributed by atoms with Crippen molar-refractivity contribution >= 4 is 0 Å². The van der Waals surface area contributed by atoms with Gasteiger partial charge in [0, 0.05) is 11.6 Å². The van der Waals surface area contributed by atoms with Gasteiger partial charge in [-0.2, -0.15) is 0 Å². The molecule has 2 nitrogen and oxygen atoms in total. The van der Waals surface area contributed by atoms with E-state index in [1.165, 1.54) is 45.1 Å². The summed E-state index contributed by atoms with van der Waals surface area (Å²) in [6, 6.07) is 0.490. The van der Waals surface area contributed by atoms with E-state index >= 15 is 0 Å². The maximum Gasteiger partial charge on any atom is 0.0208 e. The Morgan fingerprint density at radius 2 is 1.92 bits per heavy atom. The molecule has 1 saturated heterocycles. The quantitative estimate of drug-likeness (QED) is 0.591. The van der Waals surface area contributed by atoms with E-state index in [-0.39, 0.29) is 0 Å². The molecule has 2 N–H and O–H groups in total. The monoisotopic (exact) mass is 168 g/mol. The fourth-order valence-electron chi connectivity index (χ4n) is 2.88. The van der Waals surface area contributed by atoms with Gasteiger partial charge in [-0.1, -0.05) is 0 Å². The van der Waals surface area contributed by atoms with Crippen molar-refractivity contribution < 1.29 is 0 Å². The third kappa shape index (κ3) is 1.27. The molecule has 2 aliphatic rings. The average Bonchev–Trinajstić information content (AvgIpc) is 2.41. The van der Waals surface area contributed by atoms with E-state index < -0.39 is 0 Å². The van der Waals surface area contributed by atoms with Crippen molar-refractivity contribution in [3.8, 4) is 0 Å². The first-order valence-electron chi connectivity index (χ1n) is 5.20. The Hall–Kier alpha value is -0.0800. The Bertz CT molecular complexity index is 159. The largest absolute Gasteiger partial charge is 0.328 e. The number of hydrogen-bond donors (Lipinski definition) is 1. The van der Waals surface area contributed by atoms with Gasteiger partial charge in [0.25, 0.3) is 0 Å². The van der Waals surface area contributed by atoms with Gasteiger partial charge in [-0.15, -0.1) is 0 Å². The highest BCUT2D eigenvalue weighted by molar-refractivity contribution is 4.98. The molecule has 70 valence electrons. The van der Waals surface area contributed by atoms with Crippen LogP contribution in [0.4, 0.5) is 0 Å². The molecule has 1 heterocycles. The predicted molar refractivity (Wildman–Crippen MR) is 51.0 cm³/mol. The third-order valence-electron chi connectivity index (χ3n) is 3.91. The van der Waals surface area contributed by atoms with Crippen LogP contribution < -0.4 is 5.73 Å². The van der Waals surface area contributed by atoms with Crippen LogP contribution in [0.25, 0.3) is 0 Å². The summed E-state index contributed by atoms with van der Waals surface area (Å²) in [5.41, 5.74) is 6.48. The normalized spacial score (nSPS) is 44.0. The molecule has 1 aliphatic heterocycles. The zero-order chi connectivity index (χ0) is 8.60. The summed E-state index contributed by atoms with van der Waals surface area (Å²) in [5, 5.41) is 0. The van der Waals surface area contributed by atoms with Gasteiger partial charge < -0.3 is 10.6 Å². The topological polar surface area (TPSA) is 29.3 Å². The van der Waals surface area contributed by atoms with Gasteiger partial charge in [-0.25, -0.2) is 0 Å². The molecule has 0 aromatic heterocycles. The Labute approximate surface area is 75.1 Å². The lowest BCUT2D eigenvalue weighted by molar-refractivity contribution is 0.113. The summed E-state index contributed by atoms with van der Waals surface area (Å²) in [6.45, 7) is 1.30. The smallest absolute Gasteiger partial charge is 0.0208 e. The average molecular weight is 168 g/mol. The Balaban J connectivity index is 2.02. The Morgan fingerprint density at radius 1 is 1.25 bits per heavy atom. The minimum Gasteiger partial charge on any atom is -0.328 e. The first-order valence-corrected chi connectivity index (χ1v) is 5.20. The zero-order valence-electron chi connectivity index (χ0n) is 8.05. The van der Waals surface area contributed by atoms with E-state index in [0.29, 0.717) is 11.6 Å². The summed E-state index contributed by atoms with van der Waals surface area (Å²) in [5.74, 6) is 0. The molecular formula is C10H20N2. The standard InChI is InChI=1S/C10H20N2/c1-12-8-2-5-10(12)6-3-9(11)4-7-10/h9H,2-8,11H2,1H3. The second kappa shape index (κ2) is 3.00.